The molecule has 0 radical (unpaired) electrons. The van der Waals surface area contributed by atoms with Gasteiger partial charge in [-0.15, -0.1) is 0 Å². The molecule has 20 heavy (non-hydrogen) atoms. The lowest BCUT2D eigenvalue weighted by Crippen LogP contribution is -2.43. The third-order valence-corrected chi connectivity index (χ3v) is 3.64. The zero-order chi connectivity index (χ0) is 14.8. The highest BCUT2D eigenvalue weighted by Gasteiger charge is 2.34. The van der Waals surface area contributed by atoms with Crippen LogP contribution in [0.4, 0.5) is 11.6 Å². The van der Waals surface area contributed by atoms with E-state index < -0.39 is 5.60 Å². The summed E-state index contributed by atoms with van der Waals surface area (Å²) in [5.41, 5.74) is -0.652. The summed E-state index contributed by atoms with van der Waals surface area (Å²) in [7, 11) is 0. The number of hydrogen-bond acceptors (Lipinski definition) is 5. The maximum atomic E-state index is 10.2. The predicted octanol–water partition coefficient (Wildman–Crippen LogP) is 2.53. The van der Waals surface area contributed by atoms with Gasteiger partial charge in [0.15, 0.2) is 0 Å². The van der Waals surface area contributed by atoms with Gasteiger partial charge in [0.05, 0.1) is 5.60 Å². The Bertz CT molecular complexity index is 463. The van der Waals surface area contributed by atoms with E-state index >= 15 is 0 Å². The van der Waals surface area contributed by atoms with Gasteiger partial charge < -0.3 is 15.7 Å². The molecular formula is C15H26N4O. The minimum absolute atomic E-state index is 0.102. The Balaban J connectivity index is 2.15. The van der Waals surface area contributed by atoms with Crippen molar-refractivity contribution in [2.45, 2.75) is 58.0 Å². The van der Waals surface area contributed by atoms with E-state index in [1.807, 2.05) is 13.0 Å². The molecule has 0 bridgehead atoms. The fourth-order valence-corrected chi connectivity index (χ4v) is 2.16. The van der Waals surface area contributed by atoms with Crippen molar-refractivity contribution in [3.05, 3.63) is 11.9 Å². The van der Waals surface area contributed by atoms with Crippen LogP contribution in [0.25, 0.3) is 0 Å². The number of hydrogen-bond donors (Lipinski definition) is 3. The zero-order valence-electron chi connectivity index (χ0n) is 13.0. The first-order valence-electron chi connectivity index (χ1n) is 7.42. The molecule has 1 aromatic rings. The quantitative estimate of drug-likeness (QED) is 0.772. The van der Waals surface area contributed by atoms with Gasteiger partial charge in [0.2, 0.25) is 0 Å². The van der Waals surface area contributed by atoms with Crippen molar-refractivity contribution in [1.29, 1.82) is 0 Å². The van der Waals surface area contributed by atoms with Crippen LogP contribution in [0.3, 0.4) is 0 Å². The largest absolute Gasteiger partial charge is 0.388 e. The summed E-state index contributed by atoms with van der Waals surface area (Å²) in [5.74, 6) is 2.41. The summed E-state index contributed by atoms with van der Waals surface area (Å²) in [5, 5.41) is 16.6. The average molecular weight is 278 g/mol. The van der Waals surface area contributed by atoms with E-state index in [4.69, 9.17) is 0 Å². The highest BCUT2D eigenvalue weighted by Crippen LogP contribution is 2.31. The first-order chi connectivity index (χ1) is 9.32. The van der Waals surface area contributed by atoms with Crippen LogP contribution >= 0.6 is 0 Å². The van der Waals surface area contributed by atoms with Crippen LogP contribution in [0.2, 0.25) is 0 Å². The summed E-state index contributed by atoms with van der Waals surface area (Å²) >= 11 is 0. The van der Waals surface area contributed by atoms with E-state index in [-0.39, 0.29) is 5.41 Å². The Morgan fingerprint density at radius 1 is 1.20 bits per heavy atom. The van der Waals surface area contributed by atoms with Gasteiger partial charge in [0, 0.05) is 24.6 Å². The highest BCUT2D eigenvalue weighted by molar-refractivity contribution is 5.48. The molecule has 112 valence electrons. The van der Waals surface area contributed by atoms with Crippen molar-refractivity contribution in [3.8, 4) is 0 Å². The molecule has 5 nitrogen and oxygen atoms in total. The molecule has 0 aromatic carbocycles. The van der Waals surface area contributed by atoms with Gasteiger partial charge >= 0.3 is 0 Å². The molecule has 1 fully saturated rings. The molecule has 2 rings (SSSR count). The molecule has 1 aromatic heterocycles. The molecule has 0 amide bonds. The molecule has 1 saturated carbocycles. The Hall–Kier alpha value is -1.36. The number of aromatic nitrogens is 2. The molecule has 0 unspecified atom stereocenters. The number of nitrogens with one attached hydrogen (secondary N) is 2. The lowest BCUT2D eigenvalue weighted by Gasteiger charge is -2.36. The summed E-state index contributed by atoms with van der Waals surface area (Å²) in [6.07, 6.45) is 2.85. The van der Waals surface area contributed by atoms with Gasteiger partial charge in [0.1, 0.15) is 17.5 Å². The van der Waals surface area contributed by atoms with E-state index in [1.54, 1.807) is 0 Å². The average Bonchev–Trinajstić information content (AvgIpc) is 2.33. The molecule has 5 heteroatoms. The van der Waals surface area contributed by atoms with E-state index in [9.17, 15) is 5.11 Å². The normalized spacial score (nSPS) is 17.4. The topological polar surface area (TPSA) is 70.1 Å². The maximum Gasteiger partial charge on any atom is 0.138 e. The van der Waals surface area contributed by atoms with Crippen LogP contribution in [-0.2, 0) is 5.41 Å². The molecule has 3 N–H and O–H groups in total. The van der Waals surface area contributed by atoms with Crippen molar-refractivity contribution in [2.24, 2.45) is 0 Å². The van der Waals surface area contributed by atoms with Crippen LogP contribution in [-0.4, -0.2) is 33.8 Å². The number of nitrogens with zero attached hydrogens (tertiary/aromatic N) is 2. The standard InChI is InChI=1S/C15H26N4O/c1-5-16-11-9-12(17-10-15(20)7-6-8-15)19-13(18-11)14(2,3)4/h9,20H,5-8,10H2,1-4H3,(H2,16,17,18,19). The molecular weight excluding hydrogens is 252 g/mol. The fraction of sp³-hybridized carbons (Fsp3) is 0.733. The maximum absolute atomic E-state index is 10.2. The van der Waals surface area contributed by atoms with Gasteiger partial charge in [-0.3, -0.25) is 0 Å². The Morgan fingerprint density at radius 2 is 1.80 bits per heavy atom. The second-order valence-corrected chi connectivity index (χ2v) is 6.67. The molecule has 0 saturated heterocycles. The van der Waals surface area contributed by atoms with E-state index in [0.717, 1.165) is 43.3 Å². The minimum atomic E-state index is -0.550. The van der Waals surface area contributed by atoms with Gasteiger partial charge in [-0.2, -0.15) is 0 Å². The third kappa shape index (κ3) is 3.60. The monoisotopic (exact) mass is 278 g/mol. The van der Waals surface area contributed by atoms with Crippen LogP contribution < -0.4 is 10.6 Å². The smallest absolute Gasteiger partial charge is 0.138 e. The molecule has 1 aliphatic carbocycles. The molecule has 1 aliphatic rings. The van der Waals surface area contributed by atoms with Gasteiger partial charge in [-0.05, 0) is 26.2 Å². The van der Waals surface area contributed by atoms with E-state index in [1.165, 1.54) is 0 Å². The van der Waals surface area contributed by atoms with E-state index in [2.05, 4.69) is 41.4 Å². The highest BCUT2D eigenvalue weighted by atomic mass is 16.3. The Morgan fingerprint density at radius 3 is 2.25 bits per heavy atom. The Kier molecular flexibility index (Phi) is 4.18. The van der Waals surface area contributed by atoms with E-state index in [0.29, 0.717) is 6.54 Å². The lowest BCUT2D eigenvalue weighted by molar-refractivity contribution is -0.0202. The SMILES string of the molecule is CCNc1cc(NCC2(O)CCC2)nc(C(C)(C)C)n1. The fourth-order valence-electron chi connectivity index (χ4n) is 2.16. The number of aliphatic hydroxyl groups is 1. The van der Waals surface area contributed by atoms with Gasteiger partial charge in [-0.1, -0.05) is 20.8 Å². The summed E-state index contributed by atoms with van der Waals surface area (Å²) in [4.78, 5) is 9.12. The summed E-state index contributed by atoms with van der Waals surface area (Å²) < 4.78 is 0. The molecule has 0 aliphatic heterocycles. The third-order valence-electron chi connectivity index (χ3n) is 3.64. The molecule has 0 atom stereocenters. The first kappa shape index (κ1) is 15.0. The summed E-state index contributed by atoms with van der Waals surface area (Å²) in [6.45, 7) is 9.72. The van der Waals surface area contributed by atoms with Crippen molar-refractivity contribution in [1.82, 2.24) is 9.97 Å². The number of rotatable bonds is 5. The predicted molar refractivity (Wildman–Crippen MR) is 82.2 cm³/mol. The van der Waals surface area contributed by atoms with Crippen molar-refractivity contribution in [2.75, 3.05) is 23.7 Å². The van der Waals surface area contributed by atoms with Crippen molar-refractivity contribution in [3.63, 3.8) is 0 Å². The zero-order valence-corrected chi connectivity index (χ0v) is 13.0. The van der Waals surface area contributed by atoms with Crippen molar-refractivity contribution >= 4 is 11.6 Å². The molecule has 0 spiro atoms. The summed E-state index contributed by atoms with van der Waals surface area (Å²) in [6, 6.07) is 1.90. The van der Waals surface area contributed by atoms with Crippen molar-refractivity contribution < 1.29 is 5.11 Å². The second-order valence-electron chi connectivity index (χ2n) is 6.67. The number of anilines is 2. The van der Waals surface area contributed by atoms with Crippen LogP contribution in [0.5, 0.6) is 0 Å². The van der Waals surface area contributed by atoms with Crippen LogP contribution in [0.15, 0.2) is 6.07 Å². The Labute approximate surface area is 121 Å². The molecule has 1 heterocycles. The lowest BCUT2D eigenvalue weighted by atomic mass is 9.80. The van der Waals surface area contributed by atoms with Crippen LogP contribution in [0.1, 0.15) is 52.8 Å². The van der Waals surface area contributed by atoms with Crippen LogP contribution in [0, 0.1) is 0 Å². The van der Waals surface area contributed by atoms with Gasteiger partial charge in [0.25, 0.3) is 0 Å². The second kappa shape index (κ2) is 5.56. The van der Waals surface area contributed by atoms with Gasteiger partial charge in [-0.25, -0.2) is 9.97 Å². The minimum Gasteiger partial charge on any atom is -0.388 e. The first-order valence-corrected chi connectivity index (χ1v) is 7.42.